The van der Waals surface area contributed by atoms with Gasteiger partial charge in [0, 0.05) is 18.9 Å². The van der Waals surface area contributed by atoms with E-state index in [0.717, 1.165) is 4.90 Å². The number of imide groups is 1. The summed E-state index contributed by atoms with van der Waals surface area (Å²) in [7, 11) is -2.45. The molecule has 0 spiro atoms. The van der Waals surface area contributed by atoms with E-state index in [1.165, 1.54) is 55.9 Å². The van der Waals surface area contributed by atoms with Crippen molar-refractivity contribution in [2.45, 2.75) is 10.1 Å². The molecular formula is C24H21N3O6S. The molecule has 10 heteroatoms. The lowest BCUT2D eigenvalue weighted by Crippen LogP contribution is -2.42. The second-order valence-electron chi connectivity index (χ2n) is 7.54. The smallest absolute Gasteiger partial charge is 0.262 e. The Balaban J connectivity index is 1.52. The number of nitrogens with one attached hydrogen (secondary N) is 1. The van der Waals surface area contributed by atoms with E-state index in [1.54, 1.807) is 24.3 Å². The van der Waals surface area contributed by atoms with E-state index in [9.17, 15) is 22.8 Å². The van der Waals surface area contributed by atoms with Crippen LogP contribution < -0.4 is 10.1 Å². The van der Waals surface area contributed by atoms with Crippen LogP contribution in [0.1, 0.15) is 31.5 Å². The van der Waals surface area contributed by atoms with Gasteiger partial charge in [0.2, 0.25) is 5.91 Å². The van der Waals surface area contributed by atoms with Crippen molar-refractivity contribution < 1.29 is 27.5 Å². The first-order chi connectivity index (χ1) is 16.3. The summed E-state index contributed by atoms with van der Waals surface area (Å²) in [5.41, 5.74) is 0.852. The van der Waals surface area contributed by atoms with E-state index < -0.39 is 39.4 Å². The Bertz CT molecular complexity index is 1310. The first-order valence-electron chi connectivity index (χ1n) is 10.3. The Morgan fingerprint density at radius 3 is 2.21 bits per heavy atom. The zero-order valence-corrected chi connectivity index (χ0v) is 19.0. The highest BCUT2D eigenvalue weighted by atomic mass is 32.2. The molecule has 1 atom stereocenters. The molecule has 3 aromatic rings. The van der Waals surface area contributed by atoms with E-state index in [4.69, 9.17) is 4.74 Å². The first kappa shape index (κ1) is 23.1. The molecule has 0 bridgehead atoms. The molecule has 0 saturated heterocycles. The maximum absolute atomic E-state index is 13.4. The molecule has 1 N–H and O–H groups in total. The van der Waals surface area contributed by atoms with Crippen LogP contribution in [0.25, 0.3) is 0 Å². The van der Waals surface area contributed by atoms with Crippen LogP contribution in [0.2, 0.25) is 0 Å². The number of hydrogen-bond acceptors (Lipinski definition) is 7. The molecule has 174 valence electrons. The Labute approximate surface area is 196 Å². The highest BCUT2D eigenvalue weighted by molar-refractivity contribution is 7.91. The van der Waals surface area contributed by atoms with Crippen LogP contribution in [0.4, 0.5) is 0 Å². The SMILES string of the molecule is COc1ccc(S(=O)(=O)[C@@H](CNC(=O)CN2C(=O)c3ccccc3C2=O)c2cccnc2)cc1. The molecule has 1 aliphatic rings. The van der Waals surface area contributed by atoms with Gasteiger partial charge in [-0.05, 0) is 48.0 Å². The number of amides is 3. The van der Waals surface area contributed by atoms with E-state index in [2.05, 4.69) is 10.3 Å². The second kappa shape index (κ2) is 9.44. The van der Waals surface area contributed by atoms with Crippen molar-refractivity contribution in [2.24, 2.45) is 0 Å². The van der Waals surface area contributed by atoms with E-state index in [1.807, 2.05) is 0 Å². The molecule has 0 saturated carbocycles. The summed E-state index contributed by atoms with van der Waals surface area (Å²) in [4.78, 5) is 42.6. The molecule has 2 aromatic carbocycles. The summed E-state index contributed by atoms with van der Waals surface area (Å²) in [5.74, 6) is -1.28. The third-order valence-corrected chi connectivity index (χ3v) is 7.60. The molecule has 4 rings (SSSR count). The Morgan fingerprint density at radius 1 is 1.00 bits per heavy atom. The Morgan fingerprint density at radius 2 is 1.65 bits per heavy atom. The summed E-state index contributed by atoms with van der Waals surface area (Å²) in [6.07, 6.45) is 2.93. The normalized spacial score (nSPS) is 14.0. The molecule has 1 aliphatic heterocycles. The summed E-state index contributed by atoms with van der Waals surface area (Å²) in [6.45, 7) is -0.795. The zero-order chi connectivity index (χ0) is 24.3. The lowest BCUT2D eigenvalue weighted by molar-refractivity contribution is -0.121. The number of carbonyl (C=O) groups is 3. The number of aromatic nitrogens is 1. The van der Waals surface area contributed by atoms with Gasteiger partial charge < -0.3 is 10.1 Å². The molecule has 1 aromatic heterocycles. The predicted octanol–water partition coefficient (Wildman–Crippen LogP) is 2.02. The second-order valence-corrected chi connectivity index (χ2v) is 9.67. The number of ether oxygens (including phenoxy) is 1. The number of nitrogens with zero attached hydrogens (tertiary/aromatic N) is 2. The molecule has 0 fully saturated rings. The number of rotatable bonds is 8. The van der Waals surface area contributed by atoms with Gasteiger partial charge in [0.15, 0.2) is 9.84 Å². The average Bonchev–Trinajstić information content (AvgIpc) is 3.09. The quantitative estimate of drug-likeness (QED) is 0.490. The van der Waals surface area contributed by atoms with E-state index >= 15 is 0 Å². The average molecular weight is 480 g/mol. The number of benzene rings is 2. The lowest BCUT2D eigenvalue weighted by atomic mass is 10.1. The molecule has 34 heavy (non-hydrogen) atoms. The molecule has 0 unspecified atom stereocenters. The van der Waals surface area contributed by atoms with Crippen LogP contribution >= 0.6 is 0 Å². The summed E-state index contributed by atoms with van der Waals surface area (Å²) >= 11 is 0. The van der Waals surface area contributed by atoms with Gasteiger partial charge in [-0.1, -0.05) is 18.2 Å². The Kier molecular flexibility index (Phi) is 6.42. The van der Waals surface area contributed by atoms with Crippen molar-refractivity contribution in [2.75, 3.05) is 20.2 Å². The van der Waals surface area contributed by atoms with Crippen LogP contribution in [0, 0.1) is 0 Å². The third-order valence-electron chi connectivity index (χ3n) is 5.48. The molecule has 2 heterocycles. The summed E-state index contributed by atoms with van der Waals surface area (Å²) < 4.78 is 31.9. The minimum absolute atomic E-state index is 0.0525. The monoisotopic (exact) mass is 479 g/mol. The van der Waals surface area contributed by atoms with Crippen molar-refractivity contribution in [1.29, 1.82) is 0 Å². The highest BCUT2D eigenvalue weighted by Gasteiger charge is 2.37. The summed E-state index contributed by atoms with van der Waals surface area (Å²) in [5, 5.41) is 1.42. The minimum Gasteiger partial charge on any atom is -0.497 e. The van der Waals surface area contributed by atoms with Gasteiger partial charge in [-0.3, -0.25) is 24.3 Å². The fraction of sp³-hybridized carbons (Fsp3) is 0.167. The molecular weight excluding hydrogens is 458 g/mol. The zero-order valence-electron chi connectivity index (χ0n) is 18.2. The van der Waals surface area contributed by atoms with Crippen LogP contribution in [0.3, 0.4) is 0 Å². The van der Waals surface area contributed by atoms with Crippen LogP contribution in [0.15, 0.2) is 78.0 Å². The van der Waals surface area contributed by atoms with Crippen LogP contribution in [-0.4, -0.2) is 56.2 Å². The molecule has 3 amide bonds. The van der Waals surface area contributed by atoms with Gasteiger partial charge in [0.1, 0.15) is 17.5 Å². The van der Waals surface area contributed by atoms with Gasteiger partial charge in [0.05, 0.1) is 23.1 Å². The maximum atomic E-state index is 13.4. The summed E-state index contributed by atoms with van der Waals surface area (Å²) in [6, 6.07) is 15.5. The van der Waals surface area contributed by atoms with Crippen molar-refractivity contribution in [3.63, 3.8) is 0 Å². The van der Waals surface area contributed by atoms with Gasteiger partial charge in [-0.2, -0.15) is 0 Å². The van der Waals surface area contributed by atoms with Gasteiger partial charge in [0.25, 0.3) is 11.8 Å². The van der Waals surface area contributed by atoms with Crippen molar-refractivity contribution in [3.8, 4) is 5.75 Å². The predicted molar refractivity (Wildman–Crippen MR) is 122 cm³/mol. The van der Waals surface area contributed by atoms with E-state index in [-0.39, 0.29) is 22.6 Å². The van der Waals surface area contributed by atoms with Crippen molar-refractivity contribution >= 4 is 27.6 Å². The number of methoxy groups -OCH3 is 1. The topological polar surface area (TPSA) is 123 Å². The number of pyridine rings is 1. The first-order valence-corrected chi connectivity index (χ1v) is 11.9. The van der Waals surface area contributed by atoms with Gasteiger partial charge in [-0.25, -0.2) is 8.42 Å². The fourth-order valence-electron chi connectivity index (χ4n) is 3.69. The number of hydrogen-bond donors (Lipinski definition) is 1. The third kappa shape index (κ3) is 4.40. The maximum Gasteiger partial charge on any atom is 0.262 e. The highest BCUT2D eigenvalue weighted by Crippen LogP contribution is 2.29. The minimum atomic E-state index is -3.93. The Hall–Kier alpha value is -4.05. The number of sulfone groups is 1. The standard InChI is InChI=1S/C24H21N3O6S/c1-33-17-8-10-18(11-9-17)34(31,32)21(16-5-4-12-25-13-16)14-26-22(28)15-27-23(29)19-6-2-3-7-20(19)24(27)30/h2-13,21H,14-15H2,1H3,(H,26,28)/t21-/m0/s1. The van der Waals surface area contributed by atoms with Crippen LogP contribution in [0.5, 0.6) is 5.75 Å². The number of fused-ring (bicyclic) bond motifs is 1. The van der Waals surface area contributed by atoms with Gasteiger partial charge >= 0.3 is 0 Å². The van der Waals surface area contributed by atoms with Crippen molar-refractivity contribution in [3.05, 3.63) is 89.7 Å². The number of carbonyl (C=O) groups excluding carboxylic acids is 3. The molecule has 9 nitrogen and oxygen atoms in total. The van der Waals surface area contributed by atoms with E-state index in [0.29, 0.717) is 11.3 Å². The van der Waals surface area contributed by atoms with Crippen molar-refractivity contribution in [1.82, 2.24) is 15.2 Å². The largest absolute Gasteiger partial charge is 0.497 e. The molecule has 0 aliphatic carbocycles. The molecule has 0 radical (unpaired) electrons. The lowest BCUT2D eigenvalue weighted by Gasteiger charge is -2.20. The fourth-order valence-corrected chi connectivity index (χ4v) is 5.34. The van der Waals surface area contributed by atoms with Crippen LogP contribution in [-0.2, 0) is 14.6 Å². The van der Waals surface area contributed by atoms with Gasteiger partial charge in [-0.15, -0.1) is 0 Å².